The molecular weight excluding hydrogens is 435 g/mol. The lowest BCUT2D eigenvalue weighted by molar-refractivity contribution is 0.0921. The van der Waals surface area contributed by atoms with Crippen LogP contribution in [-0.4, -0.2) is 38.0 Å². The van der Waals surface area contributed by atoms with Gasteiger partial charge in [0.1, 0.15) is 17.1 Å². The highest BCUT2D eigenvalue weighted by Crippen LogP contribution is 2.33. The molecule has 0 atom stereocenters. The maximum absolute atomic E-state index is 12.3. The number of amides is 1. The Balaban J connectivity index is 0.00000272. The van der Waals surface area contributed by atoms with Crippen molar-refractivity contribution in [3.05, 3.63) is 82.8 Å². The van der Waals surface area contributed by atoms with Gasteiger partial charge < -0.3 is 19.1 Å². The fraction of sp³-hybridized carbons (Fsp3) is 0.208. The number of hydrogen-bond acceptors (Lipinski definition) is 4. The molecule has 0 radical (unpaired) electrons. The number of likely N-dealkylation sites (N-methyl/N-ethyl adjacent to an activating group) is 1. The van der Waals surface area contributed by atoms with Gasteiger partial charge in [-0.3, -0.25) is 4.79 Å². The second-order valence-corrected chi connectivity index (χ2v) is 7.90. The van der Waals surface area contributed by atoms with Crippen LogP contribution in [-0.2, 0) is 6.42 Å². The Labute approximate surface area is 192 Å². The van der Waals surface area contributed by atoms with Crippen molar-refractivity contribution in [3.8, 4) is 11.3 Å². The van der Waals surface area contributed by atoms with E-state index in [2.05, 4.69) is 5.32 Å². The molecule has 0 saturated carbocycles. The van der Waals surface area contributed by atoms with E-state index >= 15 is 0 Å². The Hall–Kier alpha value is -2.73. The largest absolute Gasteiger partial charge is 0.456 e. The summed E-state index contributed by atoms with van der Waals surface area (Å²) in [5, 5.41) is 4.42. The van der Waals surface area contributed by atoms with Crippen molar-refractivity contribution in [2.24, 2.45) is 0 Å². The van der Waals surface area contributed by atoms with Gasteiger partial charge in [-0.1, -0.05) is 41.9 Å². The third kappa shape index (κ3) is 5.50. The number of carbonyl (C=O) groups is 1. The van der Waals surface area contributed by atoms with Crippen LogP contribution in [0.5, 0.6) is 0 Å². The van der Waals surface area contributed by atoms with Gasteiger partial charge in [0.15, 0.2) is 5.76 Å². The van der Waals surface area contributed by atoms with Gasteiger partial charge >= 0.3 is 0 Å². The van der Waals surface area contributed by atoms with Gasteiger partial charge in [0.2, 0.25) is 0 Å². The smallest absolute Gasteiger partial charge is 0.287 e. The first-order valence-electron chi connectivity index (χ1n) is 9.78. The Bertz CT molecular complexity index is 1170. The minimum absolute atomic E-state index is 0. The maximum atomic E-state index is 12.3. The topological polar surface area (TPSA) is 58.6 Å². The zero-order valence-corrected chi connectivity index (χ0v) is 18.9. The van der Waals surface area contributed by atoms with Crippen molar-refractivity contribution in [1.29, 1.82) is 0 Å². The zero-order valence-electron chi connectivity index (χ0n) is 17.4. The fourth-order valence-electron chi connectivity index (χ4n) is 3.32. The molecule has 2 heterocycles. The highest BCUT2D eigenvalue weighted by molar-refractivity contribution is 6.31. The first-order valence-corrected chi connectivity index (χ1v) is 10.2. The standard InChI is InChI=1S/C24H23ClN2O3.ClH/c1-27(2)11-10-26-24(28)21-9-8-20(29-21)14-17-12-19(25)13-18-15-22(30-23(17)18)16-6-4-3-5-7-16;/h3-9,12-13,15H,10-11,14H2,1-2H3,(H,26,28);1H. The van der Waals surface area contributed by atoms with Crippen molar-refractivity contribution in [2.45, 2.75) is 6.42 Å². The molecule has 0 aliphatic carbocycles. The number of hydrogen-bond donors (Lipinski definition) is 1. The molecule has 2 aromatic carbocycles. The van der Waals surface area contributed by atoms with Crippen LogP contribution in [0.2, 0.25) is 5.02 Å². The molecule has 0 saturated heterocycles. The summed E-state index contributed by atoms with van der Waals surface area (Å²) < 4.78 is 11.9. The van der Waals surface area contributed by atoms with E-state index in [0.29, 0.717) is 29.5 Å². The Morgan fingerprint density at radius 3 is 2.55 bits per heavy atom. The average molecular weight is 459 g/mol. The predicted molar refractivity (Wildman–Crippen MR) is 126 cm³/mol. The molecule has 31 heavy (non-hydrogen) atoms. The van der Waals surface area contributed by atoms with Crippen LogP contribution in [0.25, 0.3) is 22.3 Å². The van der Waals surface area contributed by atoms with Gasteiger partial charge in [0.25, 0.3) is 5.91 Å². The molecule has 1 amide bonds. The lowest BCUT2D eigenvalue weighted by atomic mass is 10.1. The van der Waals surface area contributed by atoms with Gasteiger partial charge in [-0.15, -0.1) is 12.4 Å². The summed E-state index contributed by atoms with van der Waals surface area (Å²) in [7, 11) is 3.92. The fourth-order valence-corrected chi connectivity index (χ4v) is 3.57. The van der Waals surface area contributed by atoms with Crippen LogP contribution >= 0.6 is 24.0 Å². The lowest BCUT2D eigenvalue weighted by Crippen LogP contribution is -2.31. The molecule has 0 bridgehead atoms. The van der Waals surface area contributed by atoms with Crippen molar-refractivity contribution in [3.63, 3.8) is 0 Å². The summed E-state index contributed by atoms with van der Waals surface area (Å²) in [6, 6.07) is 19.2. The molecule has 5 nitrogen and oxygen atoms in total. The van der Waals surface area contributed by atoms with Crippen LogP contribution in [0.15, 0.2) is 69.5 Å². The third-order valence-electron chi connectivity index (χ3n) is 4.81. The average Bonchev–Trinajstić information content (AvgIpc) is 3.35. The number of nitrogens with one attached hydrogen (secondary N) is 1. The van der Waals surface area contributed by atoms with Crippen molar-refractivity contribution in [1.82, 2.24) is 10.2 Å². The Kier molecular flexibility index (Phi) is 7.44. The number of benzene rings is 2. The number of carbonyl (C=O) groups excluding carboxylic acids is 1. The van der Waals surface area contributed by atoms with Gasteiger partial charge in [-0.25, -0.2) is 0 Å². The lowest BCUT2D eigenvalue weighted by Gasteiger charge is -2.09. The summed E-state index contributed by atoms with van der Waals surface area (Å²) in [6.07, 6.45) is 0.476. The van der Waals surface area contributed by atoms with E-state index < -0.39 is 0 Å². The van der Waals surface area contributed by atoms with Gasteiger partial charge in [0.05, 0.1) is 0 Å². The van der Waals surface area contributed by atoms with E-state index in [1.807, 2.05) is 73.6 Å². The van der Waals surface area contributed by atoms with E-state index in [4.69, 9.17) is 20.4 Å². The highest BCUT2D eigenvalue weighted by atomic mass is 35.5. The molecular formula is C24H24Cl2N2O3. The third-order valence-corrected chi connectivity index (χ3v) is 5.03. The minimum atomic E-state index is -0.219. The van der Waals surface area contributed by atoms with Crippen molar-refractivity contribution < 1.29 is 13.6 Å². The number of fused-ring (bicyclic) bond motifs is 1. The molecule has 2 aromatic heterocycles. The van der Waals surface area contributed by atoms with E-state index in [9.17, 15) is 4.79 Å². The molecule has 7 heteroatoms. The van der Waals surface area contributed by atoms with Gasteiger partial charge in [-0.05, 0) is 44.4 Å². The van der Waals surface area contributed by atoms with Crippen LogP contribution in [0.4, 0.5) is 0 Å². The van der Waals surface area contributed by atoms with E-state index in [0.717, 1.165) is 34.4 Å². The second kappa shape index (κ2) is 10.1. The first kappa shape index (κ1) is 22.9. The molecule has 4 aromatic rings. The maximum Gasteiger partial charge on any atom is 0.287 e. The summed E-state index contributed by atoms with van der Waals surface area (Å²) >= 11 is 6.34. The first-order chi connectivity index (χ1) is 14.5. The summed E-state index contributed by atoms with van der Waals surface area (Å²) in [6.45, 7) is 1.33. The van der Waals surface area contributed by atoms with E-state index in [1.165, 1.54) is 0 Å². The number of nitrogens with zero attached hydrogens (tertiary/aromatic N) is 1. The minimum Gasteiger partial charge on any atom is -0.456 e. The monoisotopic (exact) mass is 458 g/mol. The van der Waals surface area contributed by atoms with Crippen LogP contribution in [0.3, 0.4) is 0 Å². The Morgan fingerprint density at radius 1 is 1.03 bits per heavy atom. The summed E-state index contributed by atoms with van der Waals surface area (Å²) in [4.78, 5) is 14.3. The molecule has 0 aliphatic rings. The molecule has 0 aliphatic heterocycles. The highest BCUT2D eigenvalue weighted by Gasteiger charge is 2.15. The van der Waals surface area contributed by atoms with Gasteiger partial charge in [0, 0.05) is 41.0 Å². The van der Waals surface area contributed by atoms with Crippen LogP contribution in [0, 0.1) is 0 Å². The van der Waals surface area contributed by atoms with Crippen LogP contribution < -0.4 is 5.32 Å². The number of halogens is 2. The van der Waals surface area contributed by atoms with Gasteiger partial charge in [-0.2, -0.15) is 0 Å². The molecule has 162 valence electrons. The second-order valence-electron chi connectivity index (χ2n) is 7.46. The SMILES string of the molecule is CN(C)CCNC(=O)c1ccc(Cc2cc(Cl)cc3cc(-c4ccccc4)oc23)o1.Cl. The number of furan rings is 2. The number of rotatable bonds is 7. The predicted octanol–water partition coefficient (Wildman–Crippen LogP) is 5.65. The van der Waals surface area contributed by atoms with Crippen molar-refractivity contribution >= 4 is 40.9 Å². The Morgan fingerprint density at radius 2 is 1.81 bits per heavy atom. The van der Waals surface area contributed by atoms with E-state index in [1.54, 1.807) is 6.07 Å². The molecule has 4 rings (SSSR count). The quantitative estimate of drug-likeness (QED) is 0.388. The molecule has 0 unspecified atom stereocenters. The molecule has 1 N–H and O–H groups in total. The zero-order chi connectivity index (χ0) is 21.1. The summed E-state index contributed by atoms with van der Waals surface area (Å²) in [5.41, 5.74) is 2.69. The van der Waals surface area contributed by atoms with Crippen LogP contribution in [0.1, 0.15) is 21.9 Å². The normalized spacial score (nSPS) is 11.0. The van der Waals surface area contributed by atoms with Crippen molar-refractivity contribution in [2.75, 3.05) is 27.2 Å². The molecule has 0 spiro atoms. The summed E-state index contributed by atoms with van der Waals surface area (Å²) in [5.74, 6) is 1.54. The van der Waals surface area contributed by atoms with E-state index in [-0.39, 0.29) is 18.3 Å². The molecule has 0 fully saturated rings.